The van der Waals surface area contributed by atoms with Crippen LogP contribution in [0, 0.1) is 0 Å². The van der Waals surface area contributed by atoms with E-state index in [0.29, 0.717) is 12.1 Å². The Morgan fingerprint density at radius 1 is 1.50 bits per heavy atom. The summed E-state index contributed by atoms with van der Waals surface area (Å²) in [5.74, 6) is -0.293. The standard InChI is InChI=1S/C12H19N3O4S/c1-4-19-12(16)10-11(8(2)3)15(14-13-10)9-5-6-20(17,18)7-9/h8-9H,4-7H2,1-3H3. The minimum Gasteiger partial charge on any atom is -0.461 e. The minimum absolute atomic E-state index is 0.00714. The van der Waals surface area contributed by atoms with E-state index in [1.165, 1.54) is 0 Å². The number of sulfone groups is 1. The van der Waals surface area contributed by atoms with Gasteiger partial charge >= 0.3 is 5.97 Å². The van der Waals surface area contributed by atoms with E-state index in [0.717, 1.165) is 0 Å². The fourth-order valence-corrected chi connectivity index (χ4v) is 4.11. The molecule has 0 N–H and O–H groups in total. The zero-order chi connectivity index (χ0) is 14.9. The Bertz CT molecular complexity index is 606. The van der Waals surface area contributed by atoms with Crippen LogP contribution in [0.15, 0.2) is 0 Å². The van der Waals surface area contributed by atoms with Crippen molar-refractivity contribution in [2.24, 2.45) is 0 Å². The highest BCUT2D eigenvalue weighted by Gasteiger charge is 2.34. The van der Waals surface area contributed by atoms with Crippen LogP contribution in [0.3, 0.4) is 0 Å². The van der Waals surface area contributed by atoms with Crippen molar-refractivity contribution in [1.82, 2.24) is 15.0 Å². The van der Waals surface area contributed by atoms with Gasteiger partial charge in [-0.05, 0) is 19.3 Å². The molecular weight excluding hydrogens is 282 g/mol. The van der Waals surface area contributed by atoms with Gasteiger partial charge in [0.25, 0.3) is 0 Å². The number of aromatic nitrogens is 3. The van der Waals surface area contributed by atoms with E-state index in [2.05, 4.69) is 10.3 Å². The molecule has 0 amide bonds. The van der Waals surface area contributed by atoms with E-state index in [1.54, 1.807) is 11.6 Å². The lowest BCUT2D eigenvalue weighted by molar-refractivity contribution is 0.0517. The van der Waals surface area contributed by atoms with Crippen LogP contribution < -0.4 is 0 Å². The molecule has 8 heteroatoms. The van der Waals surface area contributed by atoms with Crippen molar-refractivity contribution in [2.45, 2.75) is 39.2 Å². The summed E-state index contributed by atoms with van der Waals surface area (Å²) in [5.41, 5.74) is 0.830. The molecule has 1 atom stereocenters. The first-order valence-corrected chi connectivity index (χ1v) is 8.50. The van der Waals surface area contributed by atoms with Crippen LogP contribution in [0.2, 0.25) is 0 Å². The van der Waals surface area contributed by atoms with Crippen molar-refractivity contribution in [3.8, 4) is 0 Å². The molecule has 1 unspecified atom stereocenters. The van der Waals surface area contributed by atoms with Crippen molar-refractivity contribution in [3.05, 3.63) is 11.4 Å². The maximum atomic E-state index is 11.9. The second-order valence-corrected chi connectivity index (χ2v) is 7.43. The third-order valence-corrected chi connectivity index (χ3v) is 5.05. The average Bonchev–Trinajstić information content (AvgIpc) is 2.92. The maximum Gasteiger partial charge on any atom is 0.360 e. The highest BCUT2D eigenvalue weighted by atomic mass is 32.2. The first-order valence-electron chi connectivity index (χ1n) is 6.68. The molecule has 0 spiro atoms. The minimum atomic E-state index is -3.01. The predicted molar refractivity (Wildman–Crippen MR) is 72.4 cm³/mol. The molecule has 2 rings (SSSR count). The number of ether oxygens (including phenoxy) is 1. The zero-order valence-corrected chi connectivity index (χ0v) is 12.7. The van der Waals surface area contributed by atoms with Gasteiger partial charge in [-0.2, -0.15) is 0 Å². The molecule has 0 bridgehead atoms. The van der Waals surface area contributed by atoms with E-state index in [1.807, 2.05) is 13.8 Å². The number of carbonyl (C=O) groups excluding carboxylic acids is 1. The van der Waals surface area contributed by atoms with Gasteiger partial charge in [0, 0.05) is 0 Å². The Morgan fingerprint density at radius 2 is 2.20 bits per heavy atom. The lowest BCUT2D eigenvalue weighted by Crippen LogP contribution is -2.17. The third kappa shape index (κ3) is 2.84. The van der Waals surface area contributed by atoms with E-state index < -0.39 is 15.8 Å². The summed E-state index contributed by atoms with van der Waals surface area (Å²) in [6.45, 7) is 5.82. The van der Waals surface area contributed by atoms with Crippen LogP contribution >= 0.6 is 0 Å². The molecule has 1 aromatic heterocycles. The van der Waals surface area contributed by atoms with Crippen molar-refractivity contribution < 1.29 is 17.9 Å². The fraction of sp³-hybridized carbons (Fsp3) is 0.750. The molecule has 0 aromatic carbocycles. The van der Waals surface area contributed by atoms with Crippen LogP contribution in [-0.2, 0) is 14.6 Å². The lowest BCUT2D eigenvalue weighted by atomic mass is 10.1. The Morgan fingerprint density at radius 3 is 2.70 bits per heavy atom. The molecular formula is C12H19N3O4S. The predicted octanol–water partition coefficient (Wildman–Crippen LogP) is 0.938. The fourth-order valence-electron chi connectivity index (χ4n) is 2.42. The molecule has 1 saturated heterocycles. The first kappa shape index (κ1) is 15.0. The Balaban J connectivity index is 2.37. The van der Waals surface area contributed by atoms with Gasteiger partial charge in [0.15, 0.2) is 15.5 Å². The van der Waals surface area contributed by atoms with Gasteiger partial charge in [-0.25, -0.2) is 17.9 Å². The lowest BCUT2D eigenvalue weighted by Gasteiger charge is -2.15. The largest absolute Gasteiger partial charge is 0.461 e. The summed E-state index contributed by atoms with van der Waals surface area (Å²) in [6.07, 6.45) is 0.508. The summed E-state index contributed by atoms with van der Waals surface area (Å²) >= 11 is 0. The van der Waals surface area contributed by atoms with Crippen molar-refractivity contribution in [3.63, 3.8) is 0 Å². The smallest absolute Gasteiger partial charge is 0.360 e. The number of hydrogen-bond acceptors (Lipinski definition) is 6. The van der Waals surface area contributed by atoms with Crippen molar-refractivity contribution in [1.29, 1.82) is 0 Å². The summed E-state index contributed by atoms with van der Waals surface area (Å²) in [6, 6.07) is -0.243. The summed E-state index contributed by atoms with van der Waals surface area (Å²) in [4.78, 5) is 11.9. The third-order valence-electron chi connectivity index (χ3n) is 3.30. The molecule has 1 aromatic rings. The second kappa shape index (κ2) is 5.51. The molecule has 7 nitrogen and oxygen atoms in total. The Hall–Kier alpha value is -1.44. The van der Waals surface area contributed by atoms with Crippen LogP contribution in [0.1, 0.15) is 55.3 Å². The first-order chi connectivity index (χ1) is 9.35. The molecule has 0 saturated carbocycles. The van der Waals surface area contributed by atoms with E-state index in [-0.39, 0.29) is 35.8 Å². The Kier molecular flexibility index (Phi) is 4.12. The van der Waals surface area contributed by atoms with Gasteiger partial charge in [0.1, 0.15) is 0 Å². The summed E-state index contributed by atoms with van der Waals surface area (Å²) in [5, 5.41) is 7.88. The van der Waals surface area contributed by atoms with Crippen LogP contribution in [0.5, 0.6) is 0 Å². The van der Waals surface area contributed by atoms with Gasteiger partial charge in [-0.15, -0.1) is 5.10 Å². The summed E-state index contributed by atoms with van der Waals surface area (Å²) < 4.78 is 29.7. The van der Waals surface area contributed by atoms with E-state index in [9.17, 15) is 13.2 Å². The Labute approximate surface area is 118 Å². The molecule has 1 aliphatic rings. The molecule has 2 heterocycles. The zero-order valence-electron chi connectivity index (χ0n) is 11.9. The summed E-state index contributed by atoms with van der Waals surface area (Å²) in [7, 11) is -3.01. The molecule has 1 aliphatic heterocycles. The molecule has 1 fully saturated rings. The number of nitrogens with zero attached hydrogens (tertiary/aromatic N) is 3. The van der Waals surface area contributed by atoms with Gasteiger partial charge in [0.2, 0.25) is 0 Å². The van der Waals surface area contributed by atoms with Crippen LogP contribution in [0.25, 0.3) is 0 Å². The topological polar surface area (TPSA) is 91.2 Å². The molecule has 112 valence electrons. The second-order valence-electron chi connectivity index (χ2n) is 5.20. The SMILES string of the molecule is CCOC(=O)c1nnn(C2CCS(=O)(=O)C2)c1C(C)C. The van der Waals surface area contributed by atoms with Gasteiger partial charge in [-0.1, -0.05) is 19.1 Å². The maximum absolute atomic E-state index is 11.9. The van der Waals surface area contributed by atoms with Gasteiger partial charge in [-0.3, -0.25) is 0 Å². The number of rotatable bonds is 4. The normalized spacial score (nSPS) is 21.3. The number of carbonyl (C=O) groups is 1. The monoisotopic (exact) mass is 301 g/mol. The number of esters is 1. The van der Waals surface area contributed by atoms with Crippen molar-refractivity contribution >= 4 is 15.8 Å². The van der Waals surface area contributed by atoms with Gasteiger partial charge in [0.05, 0.1) is 29.8 Å². The van der Waals surface area contributed by atoms with Crippen molar-refractivity contribution in [2.75, 3.05) is 18.1 Å². The highest BCUT2D eigenvalue weighted by Crippen LogP contribution is 2.28. The van der Waals surface area contributed by atoms with Crippen LogP contribution in [0.4, 0.5) is 0 Å². The van der Waals surface area contributed by atoms with E-state index in [4.69, 9.17) is 4.74 Å². The highest BCUT2D eigenvalue weighted by molar-refractivity contribution is 7.91. The van der Waals surface area contributed by atoms with E-state index >= 15 is 0 Å². The quantitative estimate of drug-likeness (QED) is 0.769. The van der Waals surface area contributed by atoms with Crippen LogP contribution in [-0.4, -0.2) is 47.5 Å². The molecule has 20 heavy (non-hydrogen) atoms. The molecule has 0 radical (unpaired) electrons. The van der Waals surface area contributed by atoms with Gasteiger partial charge < -0.3 is 4.74 Å². The average molecular weight is 301 g/mol. The number of hydrogen-bond donors (Lipinski definition) is 0. The molecule has 0 aliphatic carbocycles.